The van der Waals surface area contributed by atoms with Gasteiger partial charge in [-0.05, 0) is 41.5 Å². The number of rotatable bonds is 8. The summed E-state index contributed by atoms with van der Waals surface area (Å²) in [6.07, 6.45) is -28.4. The maximum Gasteiger partial charge on any atom is 0.440 e. The van der Waals surface area contributed by atoms with Crippen LogP contribution < -0.4 is 9.44 Å². The Kier molecular flexibility index (Phi) is 10.0. The van der Waals surface area contributed by atoms with Crippen LogP contribution >= 0.6 is 0 Å². The van der Waals surface area contributed by atoms with E-state index in [1.165, 1.54) is 51.0 Å². The van der Waals surface area contributed by atoms with Crippen molar-refractivity contribution < 1.29 is 57.4 Å². The Balaban J connectivity index is 5.91. The molecule has 188 valence electrons. The summed E-state index contributed by atoms with van der Waals surface area (Å²) in [5.74, 6) is 0. The number of nitrogens with one attached hydrogen (secondary N) is 2. The number of alkyl halides is 9. The van der Waals surface area contributed by atoms with Gasteiger partial charge in [0.25, 0.3) is 6.29 Å². The number of halogens is 9. The molecule has 0 aromatic heterocycles. The van der Waals surface area contributed by atoms with Crippen LogP contribution in [0.5, 0.6) is 0 Å². The van der Waals surface area contributed by atoms with Crippen molar-refractivity contribution in [1.29, 1.82) is 0 Å². The molecule has 0 saturated carbocycles. The van der Waals surface area contributed by atoms with Gasteiger partial charge in [0.05, 0.1) is 31.5 Å². The fourth-order valence-corrected chi connectivity index (χ4v) is 2.80. The van der Waals surface area contributed by atoms with E-state index in [-0.39, 0.29) is 0 Å². The second-order valence-corrected chi connectivity index (χ2v) is 12.0. The second kappa shape index (κ2) is 10.2. The molecule has 0 aliphatic rings. The van der Waals surface area contributed by atoms with Crippen LogP contribution in [0, 0.1) is 0 Å². The summed E-state index contributed by atoms with van der Waals surface area (Å²) in [5.41, 5.74) is 0. The molecule has 0 rings (SSSR count). The summed E-state index contributed by atoms with van der Waals surface area (Å²) < 4.78 is 149. The second-order valence-electron chi connectivity index (χ2n) is 7.99. The van der Waals surface area contributed by atoms with Gasteiger partial charge in [0.2, 0.25) is 12.5 Å². The summed E-state index contributed by atoms with van der Waals surface area (Å²) in [5, 5.41) is 0. The van der Waals surface area contributed by atoms with E-state index in [2.05, 4.69) is 9.47 Å². The first kappa shape index (κ1) is 30.5. The molecule has 0 aromatic carbocycles. The Morgan fingerprint density at radius 1 is 0.581 bits per heavy atom. The monoisotopic (exact) mass is 518 g/mol. The van der Waals surface area contributed by atoms with Crippen molar-refractivity contribution in [3.05, 3.63) is 0 Å². The van der Waals surface area contributed by atoms with E-state index in [0.717, 1.165) is 0 Å². The molecule has 0 spiro atoms. The van der Waals surface area contributed by atoms with Crippen LogP contribution in [-0.4, -0.2) is 55.2 Å². The highest BCUT2D eigenvalue weighted by atomic mass is 32.2. The third-order valence-electron chi connectivity index (χ3n) is 2.92. The predicted molar refractivity (Wildman–Crippen MR) is 93.8 cm³/mol. The van der Waals surface area contributed by atoms with Gasteiger partial charge in [-0.3, -0.25) is 0 Å². The lowest BCUT2D eigenvalue weighted by Gasteiger charge is -2.33. The lowest BCUT2D eigenvalue weighted by Crippen LogP contribution is -2.56. The maximum atomic E-state index is 13.2. The molecule has 2 N–H and O–H groups in total. The van der Waals surface area contributed by atoms with Gasteiger partial charge in [-0.25, -0.2) is 17.9 Å². The summed E-state index contributed by atoms with van der Waals surface area (Å²) in [6.45, 7) is 7.12. The molecule has 0 heterocycles. The zero-order chi connectivity index (χ0) is 25.2. The zero-order valence-corrected chi connectivity index (χ0v) is 18.7. The summed E-state index contributed by atoms with van der Waals surface area (Å²) in [4.78, 5) is 0. The molecule has 0 aliphatic carbocycles. The molecule has 0 fully saturated rings. The molecule has 4 unspecified atom stereocenters. The van der Waals surface area contributed by atoms with Crippen molar-refractivity contribution in [3.63, 3.8) is 0 Å². The van der Waals surface area contributed by atoms with E-state index in [1.54, 1.807) is 0 Å². The Morgan fingerprint density at radius 2 is 0.839 bits per heavy atom. The summed E-state index contributed by atoms with van der Waals surface area (Å²) >= 11 is 0. The van der Waals surface area contributed by atoms with E-state index in [0.29, 0.717) is 0 Å². The van der Waals surface area contributed by atoms with Crippen LogP contribution in [0.2, 0.25) is 0 Å². The van der Waals surface area contributed by atoms with Gasteiger partial charge >= 0.3 is 18.5 Å². The number of hydrogen-bond acceptors (Lipinski definition) is 4. The number of hydrogen-bond donors (Lipinski definition) is 2. The minimum absolute atomic E-state index is 1.19. The smallest absolute Gasteiger partial charge is 0.315 e. The summed E-state index contributed by atoms with van der Waals surface area (Å²) in [7, 11) is -5.22. The van der Waals surface area contributed by atoms with Crippen LogP contribution in [0.15, 0.2) is 0 Å². The van der Waals surface area contributed by atoms with Gasteiger partial charge in [0.1, 0.15) is 0 Å². The summed E-state index contributed by atoms with van der Waals surface area (Å²) in [6, 6.07) is 0. The van der Waals surface area contributed by atoms with Gasteiger partial charge in [-0.15, -0.1) is 0 Å². The molecule has 0 saturated heterocycles. The topological polar surface area (TPSA) is 76.7 Å². The van der Waals surface area contributed by atoms with Crippen LogP contribution in [-0.2, 0) is 31.4 Å². The fourth-order valence-electron chi connectivity index (χ4n) is 1.33. The standard InChI is InChI=1S/C14H23F9N2O4S2/c1-10(2,3)30(26)24-7(12(15,16)17)28-9(14(21,22)23)29-8(13(18,19)20)25-31(27)11(4,5)6/h7-9,24-25H,1-6H3. The van der Waals surface area contributed by atoms with Crippen LogP contribution in [0.1, 0.15) is 41.5 Å². The first-order valence-corrected chi connectivity index (χ1v) is 10.5. The Bertz CT molecular complexity index is 592. The average Bonchev–Trinajstić information content (AvgIpc) is 2.46. The molecule has 17 heteroatoms. The third-order valence-corrected chi connectivity index (χ3v) is 6.00. The molecule has 6 nitrogen and oxygen atoms in total. The largest absolute Gasteiger partial charge is 0.440 e. The van der Waals surface area contributed by atoms with E-state index in [4.69, 9.17) is 0 Å². The Morgan fingerprint density at radius 3 is 1.00 bits per heavy atom. The minimum Gasteiger partial charge on any atom is -0.315 e. The molecular formula is C14H23F9N2O4S2. The van der Waals surface area contributed by atoms with Crippen molar-refractivity contribution in [2.45, 2.75) is 88.3 Å². The lowest BCUT2D eigenvalue weighted by atomic mass is 10.3. The normalized spacial score (nSPS) is 19.6. The molecule has 0 aromatic rings. The van der Waals surface area contributed by atoms with Crippen molar-refractivity contribution in [3.8, 4) is 0 Å². The minimum atomic E-state index is -5.87. The van der Waals surface area contributed by atoms with E-state index >= 15 is 0 Å². The maximum absolute atomic E-state index is 13.2. The molecule has 0 bridgehead atoms. The molecule has 4 atom stereocenters. The van der Waals surface area contributed by atoms with Gasteiger partial charge in [-0.1, -0.05) is 0 Å². The van der Waals surface area contributed by atoms with E-state index in [1.807, 2.05) is 0 Å². The third kappa shape index (κ3) is 10.8. The van der Waals surface area contributed by atoms with Gasteiger partial charge in [0, 0.05) is 0 Å². The fraction of sp³-hybridized carbons (Fsp3) is 1.00. The Hall–Kier alpha value is -0.490. The molecular weight excluding hydrogens is 495 g/mol. The van der Waals surface area contributed by atoms with Crippen LogP contribution in [0.3, 0.4) is 0 Å². The zero-order valence-electron chi connectivity index (χ0n) is 17.1. The van der Waals surface area contributed by atoms with Crippen molar-refractivity contribution in [1.82, 2.24) is 9.44 Å². The molecule has 31 heavy (non-hydrogen) atoms. The number of ether oxygens (including phenoxy) is 2. The molecule has 0 amide bonds. The predicted octanol–water partition coefficient (Wildman–Crippen LogP) is 3.79. The highest BCUT2D eigenvalue weighted by molar-refractivity contribution is 7.84. The highest BCUT2D eigenvalue weighted by Crippen LogP contribution is 2.33. The van der Waals surface area contributed by atoms with Crippen molar-refractivity contribution >= 4 is 22.0 Å². The van der Waals surface area contributed by atoms with Gasteiger partial charge < -0.3 is 9.47 Å². The molecule has 0 radical (unpaired) electrons. The van der Waals surface area contributed by atoms with E-state index < -0.39 is 68.7 Å². The van der Waals surface area contributed by atoms with Gasteiger partial charge in [-0.2, -0.15) is 39.5 Å². The average molecular weight is 518 g/mol. The molecule has 0 aliphatic heterocycles. The lowest BCUT2D eigenvalue weighted by molar-refractivity contribution is -0.380. The van der Waals surface area contributed by atoms with Crippen LogP contribution in [0.25, 0.3) is 0 Å². The quantitative estimate of drug-likeness (QED) is 0.379. The first-order valence-electron chi connectivity index (χ1n) is 8.24. The van der Waals surface area contributed by atoms with Gasteiger partial charge in [0.15, 0.2) is 0 Å². The SMILES string of the molecule is CC(C)(C)S(=O)NC(OC(OC(NS(=O)C(C)(C)C)C(F)(F)F)C(F)(F)F)C(F)(F)F. The van der Waals surface area contributed by atoms with Crippen LogP contribution in [0.4, 0.5) is 39.5 Å². The van der Waals surface area contributed by atoms with Crippen molar-refractivity contribution in [2.24, 2.45) is 0 Å². The van der Waals surface area contributed by atoms with Crippen molar-refractivity contribution in [2.75, 3.05) is 0 Å². The van der Waals surface area contributed by atoms with E-state index in [9.17, 15) is 47.9 Å². The first-order chi connectivity index (χ1) is 13.4. The highest BCUT2D eigenvalue weighted by Gasteiger charge is 2.54. The Labute approximate surface area is 177 Å².